The van der Waals surface area contributed by atoms with Gasteiger partial charge in [-0.25, -0.2) is 0 Å². The van der Waals surface area contributed by atoms with Gasteiger partial charge >= 0.3 is 11.9 Å². The third-order valence-electron chi connectivity index (χ3n) is 2.10. The van der Waals surface area contributed by atoms with Gasteiger partial charge in [-0.3, -0.25) is 9.59 Å². The van der Waals surface area contributed by atoms with Gasteiger partial charge in [-0.15, -0.1) is 0 Å². The molecule has 0 aliphatic carbocycles. The van der Waals surface area contributed by atoms with E-state index in [-0.39, 0.29) is 30.1 Å². The van der Waals surface area contributed by atoms with E-state index in [0.29, 0.717) is 21.8 Å². The summed E-state index contributed by atoms with van der Waals surface area (Å²) >= 11 is 8.38. The van der Waals surface area contributed by atoms with Crippen LogP contribution in [0.25, 0.3) is 0 Å². The molecule has 10 heteroatoms. The maximum Gasteiger partial charge on any atom is 0.306 e. The molecule has 0 aliphatic heterocycles. The highest BCUT2D eigenvalue weighted by atomic mass is 35.5. The molecular weight excluding hydrogens is 338 g/mol. The zero-order valence-electron chi connectivity index (χ0n) is 11.5. The molecular formula is C11H14ClN3O4S2. The van der Waals surface area contributed by atoms with Gasteiger partial charge in [0, 0.05) is 11.5 Å². The van der Waals surface area contributed by atoms with Crippen LogP contribution in [0.5, 0.6) is 0 Å². The quantitative estimate of drug-likeness (QED) is 0.513. The Hall–Kier alpha value is -1.06. The average Bonchev–Trinajstić information content (AvgIpc) is 2.46. The first-order valence-electron chi connectivity index (χ1n) is 5.86. The fraction of sp³-hybridized carbons (Fsp3) is 0.545. The number of methoxy groups -OCH3 is 2. The molecule has 0 amide bonds. The molecule has 1 rings (SSSR count). The second-order valence-electron chi connectivity index (χ2n) is 3.52. The lowest BCUT2D eigenvalue weighted by molar-refractivity contribution is -0.141. The fourth-order valence-corrected chi connectivity index (χ4v) is 2.92. The molecule has 1 aromatic rings. The second-order valence-corrected chi connectivity index (χ2v) is 5.98. The number of carbonyl (C=O) groups excluding carboxylic acids is 2. The lowest BCUT2D eigenvalue weighted by Crippen LogP contribution is -2.03. The number of thioether (sulfide) groups is 2. The highest BCUT2D eigenvalue weighted by Crippen LogP contribution is 2.21. The van der Waals surface area contributed by atoms with Gasteiger partial charge in [-0.1, -0.05) is 23.5 Å². The van der Waals surface area contributed by atoms with Crippen molar-refractivity contribution in [2.24, 2.45) is 0 Å². The summed E-state index contributed by atoms with van der Waals surface area (Å²) in [5, 5.41) is 0.935. The largest absolute Gasteiger partial charge is 0.469 e. The normalized spacial score (nSPS) is 10.2. The van der Waals surface area contributed by atoms with Gasteiger partial charge in [0.15, 0.2) is 10.3 Å². The maximum absolute atomic E-state index is 11.0. The average molecular weight is 352 g/mol. The zero-order chi connectivity index (χ0) is 15.7. The van der Waals surface area contributed by atoms with E-state index in [2.05, 4.69) is 24.4 Å². The molecule has 0 fully saturated rings. The number of rotatable bonds is 8. The first-order valence-corrected chi connectivity index (χ1v) is 8.21. The predicted molar refractivity (Wildman–Crippen MR) is 79.6 cm³/mol. The van der Waals surface area contributed by atoms with Crippen molar-refractivity contribution in [2.75, 3.05) is 25.7 Å². The summed E-state index contributed by atoms with van der Waals surface area (Å²) in [5.41, 5.74) is 0. The van der Waals surface area contributed by atoms with Gasteiger partial charge in [0.2, 0.25) is 5.28 Å². The van der Waals surface area contributed by atoms with E-state index in [9.17, 15) is 9.59 Å². The van der Waals surface area contributed by atoms with Crippen LogP contribution in [-0.4, -0.2) is 52.6 Å². The molecule has 1 aromatic heterocycles. The molecule has 116 valence electrons. The first kappa shape index (κ1) is 18.0. The maximum atomic E-state index is 11.0. The lowest BCUT2D eigenvalue weighted by atomic mass is 10.5. The monoisotopic (exact) mass is 351 g/mol. The Kier molecular flexibility index (Phi) is 8.40. The van der Waals surface area contributed by atoms with E-state index in [4.69, 9.17) is 11.6 Å². The molecule has 0 atom stereocenters. The van der Waals surface area contributed by atoms with Crippen molar-refractivity contribution in [3.63, 3.8) is 0 Å². The summed E-state index contributed by atoms with van der Waals surface area (Å²) in [6.07, 6.45) is 0.518. The van der Waals surface area contributed by atoms with Crippen molar-refractivity contribution in [1.82, 2.24) is 15.0 Å². The van der Waals surface area contributed by atoms with E-state index >= 15 is 0 Å². The van der Waals surface area contributed by atoms with Crippen molar-refractivity contribution >= 4 is 47.1 Å². The Bertz CT molecular complexity index is 464. The number of aromatic nitrogens is 3. The van der Waals surface area contributed by atoms with E-state index in [0.717, 1.165) is 0 Å². The van der Waals surface area contributed by atoms with Crippen LogP contribution in [0.3, 0.4) is 0 Å². The summed E-state index contributed by atoms with van der Waals surface area (Å²) in [5.74, 6) is 0.379. The summed E-state index contributed by atoms with van der Waals surface area (Å²) < 4.78 is 9.08. The summed E-state index contributed by atoms with van der Waals surface area (Å²) in [6, 6.07) is 0. The van der Waals surface area contributed by atoms with E-state index in [1.165, 1.54) is 37.7 Å². The Morgan fingerprint density at radius 2 is 1.38 bits per heavy atom. The van der Waals surface area contributed by atoms with Gasteiger partial charge in [-0.2, -0.15) is 15.0 Å². The van der Waals surface area contributed by atoms with Crippen LogP contribution in [0.15, 0.2) is 10.3 Å². The van der Waals surface area contributed by atoms with Crippen molar-refractivity contribution in [2.45, 2.75) is 23.2 Å². The number of halogens is 1. The Morgan fingerprint density at radius 1 is 0.952 bits per heavy atom. The third-order valence-corrected chi connectivity index (χ3v) is 3.96. The van der Waals surface area contributed by atoms with Crippen molar-refractivity contribution in [3.8, 4) is 0 Å². The number of hydrogen-bond acceptors (Lipinski definition) is 9. The molecule has 0 N–H and O–H groups in total. The summed E-state index contributed by atoms with van der Waals surface area (Å²) in [7, 11) is 2.67. The van der Waals surface area contributed by atoms with E-state index in [1.807, 2.05) is 0 Å². The molecule has 0 saturated carbocycles. The molecule has 0 bridgehead atoms. The standard InChI is InChI=1S/C11H14ClN3O4S2/c1-18-7(16)3-5-20-10-13-9(12)14-11(15-10)21-6-4-8(17)19-2/h3-6H2,1-2H3. The lowest BCUT2D eigenvalue weighted by Gasteiger charge is -2.03. The van der Waals surface area contributed by atoms with E-state index < -0.39 is 0 Å². The first-order chi connectivity index (χ1) is 10.0. The zero-order valence-corrected chi connectivity index (χ0v) is 13.9. The molecule has 0 aromatic carbocycles. The Morgan fingerprint density at radius 3 is 1.76 bits per heavy atom. The van der Waals surface area contributed by atoms with Crippen LogP contribution in [0.2, 0.25) is 5.28 Å². The number of carbonyl (C=O) groups is 2. The number of ether oxygens (including phenoxy) is 2. The minimum absolute atomic E-state index is 0.0751. The van der Waals surface area contributed by atoms with Crippen molar-refractivity contribution in [1.29, 1.82) is 0 Å². The third kappa shape index (κ3) is 7.49. The highest BCUT2D eigenvalue weighted by molar-refractivity contribution is 7.99. The molecule has 7 nitrogen and oxygen atoms in total. The molecule has 1 heterocycles. The molecule has 0 aliphatic rings. The Balaban J connectivity index is 2.50. The topological polar surface area (TPSA) is 91.3 Å². The minimum atomic E-state index is -0.296. The van der Waals surface area contributed by atoms with Crippen LogP contribution < -0.4 is 0 Å². The van der Waals surface area contributed by atoms with Crippen LogP contribution in [0, 0.1) is 0 Å². The second kappa shape index (κ2) is 9.80. The van der Waals surface area contributed by atoms with Gasteiger partial charge in [0.25, 0.3) is 0 Å². The minimum Gasteiger partial charge on any atom is -0.469 e. The summed E-state index contributed by atoms with van der Waals surface area (Å²) in [6.45, 7) is 0. The number of nitrogens with zero attached hydrogens (tertiary/aromatic N) is 3. The van der Waals surface area contributed by atoms with Gasteiger partial charge in [-0.05, 0) is 11.6 Å². The van der Waals surface area contributed by atoms with Crippen LogP contribution in [0.4, 0.5) is 0 Å². The molecule has 0 unspecified atom stereocenters. The van der Waals surface area contributed by atoms with Crippen LogP contribution in [0.1, 0.15) is 12.8 Å². The Labute approximate surface area is 135 Å². The molecule has 0 spiro atoms. The van der Waals surface area contributed by atoms with Gasteiger partial charge < -0.3 is 9.47 Å². The SMILES string of the molecule is COC(=O)CCSc1nc(Cl)nc(SCCC(=O)OC)n1. The smallest absolute Gasteiger partial charge is 0.306 e. The molecule has 0 saturated heterocycles. The number of hydrogen-bond donors (Lipinski definition) is 0. The van der Waals surface area contributed by atoms with Crippen LogP contribution in [-0.2, 0) is 19.1 Å². The predicted octanol–water partition coefficient (Wildman–Crippen LogP) is 1.84. The molecule has 21 heavy (non-hydrogen) atoms. The molecule has 0 radical (unpaired) electrons. The van der Waals surface area contributed by atoms with Crippen LogP contribution >= 0.6 is 35.1 Å². The highest BCUT2D eigenvalue weighted by Gasteiger charge is 2.09. The summed E-state index contributed by atoms with van der Waals surface area (Å²) in [4.78, 5) is 34.1. The number of esters is 2. The fourth-order valence-electron chi connectivity index (χ4n) is 1.10. The van der Waals surface area contributed by atoms with E-state index in [1.54, 1.807) is 0 Å². The van der Waals surface area contributed by atoms with Crippen molar-refractivity contribution < 1.29 is 19.1 Å². The van der Waals surface area contributed by atoms with Gasteiger partial charge in [0.1, 0.15) is 0 Å². The van der Waals surface area contributed by atoms with Crippen molar-refractivity contribution in [3.05, 3.63) is 5.28 Å². The van der Waals surface area contributed by atoms with Gasteiger partial charge in [0.05, 0.1) is 27.1 Å².